The van der Waals surface area contributed by atoms with E-state index in [1.807, 2.05) is 0 Å². The van der Waals surface area contributed by atoms with Gasteiger partial charge in [-0.2, -0.15) is 13.2 Å². The molecule has 0 atom stereocenters. The third-order valence-corrected chi connectivity index (χ3v) is 1.03. The molecule has 0 radical (unpaired) electrons. The average molecular weight is 152 g/mol. The Labute approximate surface area is 56.3 Å². The summed E-state index contributed by atoms with van der Waals surface area (Å²) in [6.45, 7) is 1.77. The van der Waals surface area contributed by atoms with Crippen molar-refractivity contribution in [2.24, 2.45) is 4.99 Å². The summed E-state index contributed by atoms with van der Waals surface area (Å²) in [7, 11) is 0. The van der Waals surface area contributed by atoms with Crippen molar-refractivity contribution < 1.29 is 13.2 Å². The van der Waals surface area contributed by atoms with E-state index in [4.69, 9.17) is 5.41 Å². The van der Waals surface area contributed by atoms with Crippen LogP contribution in [-0.4, -0.2) is 17.7 Å². The van der Waals surface area contributed by atoms with Crippen LogP contribution in [0, 0.1) is 5.41 Å². The van der Waals surface area contributed by atoms with E-state index < -0.39 is 11.7 Å². The molecule has 0 aliphatic carbocycles. The summed E-state index contributed by atoms with van der Waals surface area (Å²) >= 11 is 0. The van der Waals surface area contributed by atoms with Gasteiger partial charge in [-0.05, 0) is 13.8 Å². The van der Waals surface area contributed by atoms with E-state index in [1.54, 1.807) is 0 Å². The molecule has 0 saturated heterocycles. The minimum Gasteiger partial charge on any atom is -0.242 e. The Hall–Kier alpha value is -0.830. The predicted molar refractivity (Wildman–Crippen MR) is 30.3 cm³/mol. The van der Waals surface area contributed by atoms with Gasteiger partial charge in [0, 0.05) is 0 Å². The first kappa shape index (κ1) is 9.17. The molecule has 58 valence electrons. The number of alkyl halides is 3. The minimum absolute atomic E-state index is 0.883. The van der Waals surface area contributed by atoms with Gasteiger partial charge in [0.2, 0.25) is 0 Å². The molecule has 0 heterocycles. The van der Waals surface area contributed by atoms with Crippen molar-refractivity contribution in [3.63, 3.8) is 0 Å². The zero-order valence-electron chi connectivity index (χ0n) is 5.58. The Morgan fingerprint density at radius 3 is 1.80 bits per heavy atom. The van der Waals surface area contributed by atoms with Gasteiger partial charge < -0.3 is 0 Å². The van der Waals surface area contributed by atoms with E-state index in [1.165, 1.54) is 6.01 Å². The second-order valence-electron chi connectivity index (χ2n) is 2.28. The summed E-state index contributed by atoms with van der Waals surface area (Å²) in [5.41, 5.74) is -2.19. The van der Waals surface area contributed by atoms with Gasteiger partial charge in [-0.1, -0.05) is 0 Å². The summed E-state index contributed by atoms with van der Waals surface area (Å²) in [5.74, 6) is 0. The van der Waals surface area contributed by atoms with Gasteiger partial charge in [0.15, 0.2) is 5.54 Å². The van der Waals surface area contributed by atoms with Crippen LogP contribution in [-0.2, 0) is 0 Å². The van der Waals surface area contributed by atoms with Crippen molar-refractivity contribution in [2.75, 3.05) is 0 Å². The van der Waals surface area contributed by atoms with Gasteiger partial charge in [-0.25, -0.2) is 10.4 Å². The maximum atomic E-state index is 11.8. The number of nitrogens with one attached hydrogen (secondary N) is 1. The van der Waals surface area contributed by atoms with Crippen molar-refractivity contribution in [2.45, 2.75) is 25.6 Å². The molecule has 0 spiro atoms. The minimum atomic E-state index is -4.40. The Morgan fingerprint density at radius 2 is 1.70 bits per heavy atom. The Balaban J connectivity index is 4.56. The fraction of sp³-hybridized carbons (Fsp3) is 0.800. The molecule has 0 fully saturated rings. The van der Waals surface area contributed by atoms with E-state index in [9.17, 15) is 13.2 Å². The van der Waals surface area contributed by atoms with E-state index in [0.29, 0.717) is 0 Å². The molecule has 0 aliphatic heterocycles. The van der Waals surface area contributed by atoms with Crippen LogP contribution < -0.4 is 0 Å². The zero-order chi connectivity index (χ0) is 8.41. The highest BCUT2D eigenvalue weighted by Crippen LogP contribution is 2.32. The quantitative estimate of drug-likeness (QED) is 0.558. The van der Waals surface area contributed by atoms with Crippen LogP contribution >= 0.6 is 0 Å². The Kier molecular flexibility index (Phi) is 2.22. The number of hydrogen-bond donors (Lipinski definition) is 1. The third-order valence-electron chi connectivity index (χ3n) is 1.03. The van der Waals surface area contributed by atoms with E-state index in [2.05, 4.69) is 4.99 Å². The second kappa shape index (κ2) is 2.42. The van der Waals surface area contributed by atoms with Gasteiger partial charge in [-0.3, -0.25) is 0 Å². The summed E-state index contributed by atoms with van der Waals surface area (Å²) < 4.78 is 35.4. The van der Waals surface area contributed by atoms with Crippen LogP contribution in [0.2, 0.25) is 0 Å². The highest BCUT2D eigenvalue weighted by Gasteiger charge is 2.47. The largest absolute Gasteiger partial charge is 0.413 e. The molecular weight excluding hydrogens is 145 g/mol. The molecular formula is C5H7F3N2. The molecule has 2 nitrogen and oxygen atoms in total. The van der Waals surface area contributed by atoms with E-state index in [-0.39, 0.29) is 0 Å². The number of aliphatic imine (C=N–C) groups is 1. The maximum Gasteiger partial charge on any atom is 0.413 e. The van der Waals surface area contributed by atoms with Gasteiger partial charge in [0.1, 0.15) is 0 Å². The van der Waals surface area contributed by atoms with E-state index in [0.717, 1.165) is 13.8 Å². The van der Waals surface area contributed by atoms with Crippen LogP contribution in [0.5, 0.6) is 0 Å². The topological polar surface area (TPSA) is 36.2 Å². The molecule has 0 aromatic carbocycles. The average Bonchev–Trinajstić information content (AvgIpc) is 1.61. The van der Waals surface area contributed by atoms with Crippen LogP contribution in [0.1, 0.15) is 13.8 Å². The lowest BCUT2D eigenvalue weighted by Gasteiger charge is -2.20. The highest BCUT2D eigenvalue weighted by atomic mass is 19.4. The normalized spacial score (nSPS) is 12.5. The van der Waals surface area contributed by atoms with Gasteiger partial charge >= 0.3 is 6.18 Å². The van der Waals surface area contributed by atoms with Crippen molar-refractivity contribution in [3.8, 4) is 0 Å². The highest BCUT2D eigenvalue weighted by molar-refractivity contribution is 5.37. The SMILES string of the molecule is CC(C)(N=C=N)C(F)(F)F. The Bertz CT molecular complexity index is 164. The van der Waals surface area contributed by atoms with Crippen molar-refractivity contribution in [3.05, 3.63) is 0 Å². The lowest BCUT2D eigenvalue weighted by atomic mass is 10.1. The third kappa shape index (κ3) is 1.84. The molecule has 0 aromatic heterocycles. The summed E-state index contributed by atoms with van der Waals surface area (Å²) in [5, 5.41) is 6.22. The fourth-order valence-corrected chi connectivity index (χ4v) is 0.203. The second-order valence-corrected chi connectivity index (χ2v) is 2.28. The molecule has 0 bridgehead atoms. The molecule has 0 aromatic rings. The first-order chi connectivity index (χ1) is 4.31. The standard InChI is InChI=1S/C5H7F3N2/c1-4(2,10-3-9)5(6,7)8/h9H,1-2H3. The van der Waals surface area contributed by atoms with Gasteiger partial charge in [-0.15, -0.1) is 0 Å². The fourth-order valence-electron chi connectivity index (χ4n) is 0.203. The molecule has 0 rings (SSSR count). The Morgan fingerprint density at radius 1 is 1.30 bits per heavy atom. The molecule has 10 heavy (non-hydrogen) atoms. The summed E-state index contributed by atoms with van der Waals surface area (Å²) in [4.78, 5) is 2.82. The molecule has 0 amide bonds. The van der Waals surface area contributed by atoms with Gasteiger partial charge in [0.05, 0.1) is 6.01 Å². The van der Waals surface area contributed by atoms with Crippen LogP contribution in [0.3, 0.4) is 0 Å². The van der Waals surface area contributed by atoms with Crippen LogP contribution in [0.4, 0.5) is 13.2 Å². The number of nitrogens with zero attached hydrogens (tertiary/aromatic N) is 1. The van der Waals surface area contributed by atoms with E-state index >= 15 is 0 Å². The lowest BCUT2D eigenvalue weighted by Crippen LogP contribution is -2.36. The lowest BCUT2D eigenvalue weighted by molar-refractivity contribution is -0.174. The summed E-state index contributed by atoms with van der Waals surface area (Å²) in [6.07, 6.45) is -4.40. The monoisotopic (exact) mass is 152 g/mol. The first-order valence-corrected chi connectivity index (χ1v) is 2.51. The summed E-state index contributed by atoms with van der Waals surface area (Å²) in [6, 6.07) is 1.37. The number of rotatable bonds is 1. The zero-order valence-corrected chi connectivity index (χ0v) is 5.58. The van der Waals surface area contributed by atoms with Crippen molar-refractivity contribution >= 4 is 6.01 Å². The molecule has 1 N–H and O–H groups in total. The molecule has 0 saturated carbocycles. The number of halogens is 3. The van der Waals surface area contributed by atoms with Crippen molar-refractivity contribution in [1.82, 2.24) is 0 Å². The number of hydrogen-bond acceptors (Lipinski definition) is 2. The van der Waals surface area contributed by atoms with Crippen molar-refractivity contribution in [1.29, 1.82) is 5.41 Å². The smallest absolute Gasteiger partial charge is 0.242 e. The molecule has 0 unspecified atom stereocenters. The molecule has 0 aliphatic rings. The van der Waals surface area contributed by atoms with Crippen LogP contribution in [0.25, 0.3) is 0 Å². The first-order valence-electron chi connectivity index (χ1n) is 2.51. The predicted octanol–water partition coefficient (Wildman–Crippen LogP) is 2.08. The maximum absolute atomic E-state index is 11.8. The van der Waals surface area contributed by atoms with Crippen LogP contribution in [0.15, 0.2) is 4.99 Å². The van der Waals surface area contributed by atoms with Gasteiger partial charge in [0.25, 0.3) is 0 Å². The molecule has 5 heteroatoms.